The number of carboxylic acid groups (broad SMARTS) is 1. The maximum atomic E-state index is 13.1. The summed E-state index contributed by atoms with van der Waals surface area (Å²) in [7, 11) is 0. The smallest absolute Gasteiger partial charge is 0.339 e. The van der Waals surface area contributed by atoms with Crippen molar-refractivity contribution in [1.82, 2.24) is 5.32 Å². The highest BCUT2D eigenvalue weighted by Gasteiger charge is 2.23. The standard InChI is InChI=1S/C27H36N2O4/c1-4-33-25-17-20(12-13-22(25)27(31)32)18-26(30)28-23(16-19(2)3)21-10-6-7-11-24(21)29-14-8-5-9-15-29/h6-7,10-13,17,19,23H,4-5,8-9,14-16,18H2,1-3H3,(H,28,30)(H,31,32)/t23-/m0/s1/i13T. The number of nitrogens with one attached hydrogen (secondary N) is 1. The predicted molar refractivity (Wildman–Crippen MR) is 131 cm³/mol. The van der Waals surface area contributed by atoms with Crippen LogP contribution in [0.25, 0.3) is 0 Å². The minimum Gasteiger partial charge on any atom is -0.493 e. The van der Waals surface area contributed by atoms with Crippen molar-refractivity contribution in [2.75, 3.05) is 24.6 Å². The lowest BCUT2D eigenvalue weighted by Crippen LogP contribution is -2.34. The number of piperidine rings is 1. The molecule has 0 saturated carbocycles. The minimum absolute atomic E-state index is 0.0479. The molecule has 2 aromatic carbocycles. The second kappa shape index (κ2) is 11.7. The van der Waals surface area contributed by atoms with Gasteiger partial charge in [0.15, 0.2) is 0 Å². The normalized spacial score (nSPS) is 15.2. The number of hydrogen-bond acceptors (Lipinski definition) is 4. The Morgan fingerprint density at radius 2 is 1.91 bits per heavy atom. The molecule has 1 heterocycles. The molecule has 0 aliphatic carbocycles. The molecule has 1 amide bonds. The Hall–Kier alpha value is -3.02. The van der Waals surface area contributed by atoms with Crippen molar-refractivity contribution in [3.8, 4) is 5.75 Å². The van der Waals surface area contributed by atoms with Crippen LogP contribution in [0.1, 0.15) is 75.4 Å². The van der Waals surface area contributed by atoms with E-state index in [0.717, 1.165) is 25.1 Å². The SMILES string of the molecule is [3H]c1cc(CC(=O)N[C@@H](CC(C)C)c2ccccc2N2CCCCC2)cc(OCC)c1C(=O)O. The van der Waals surface area contributed by atoms with E-state index in [-0.39, 0.29) is 42.3 Å². The topological polar surface area (TPSA) is 78.9 Å². The van der Waals surface area contributed by atoms with Crippen LogP contribution in [0, 0.1) is 5.92 Å². The Morgan fingerprint density at radius 1 is 1.18 bits per heavy atom. The molecule has 0 radical (unpaired) electrons. The summed E-state index contributed by atoms with van der Waals surface area (Å²) >= 11 is 0. The monoisotopic (exact) mass is 454 g/mol. The van der Waals surface area contributed by atoms with Crippen molar-refractivity contribution in [1.29, 1.82) is 0 Å². The van der Waals surface area contributed by atoms with Crippen LogP contribution >= 0.6 is 0 Å². The second-order valence-corrected chi connectivity index (χ2v) is 9.02. The number of benzene rings is 2. The lowest BCUT2D eigenvalue weighted by Gasteiger charge is -2.33. The summed E-state index contributed by atoms with van der Waals surface area (Å²) in [5.41, 5.74) is 2.69. The van der Waals surface area contributed by atoms with Crippen molar-refractivity contribution < 1.29 is 20.8 Å². The predicted octanol–water partition coefficient (Wildman–Crippen LogP) is 5.22. The number of ether oxygens (including phenoxy) is 1. The number of rotatable bonds is 10. The highest BCUT2D eigenvalue weighted by atomic mass is 16.5. The summed E-state index contributed by atoms with van der Waals surface area (Å²) < 4.78 is 13.6. The Labute approximate surface area is 198 Å². The van der Waals surface area contributed by atoms with Crippen molar-refractivity contribution in [3.63, 3.8) is 0 Å². The highest BCUT2D eigenvalue weighted by molar-refractivity contribution is 5.91. The fourth-order valence-electron chi connectivity index (χ4n) is 4.43. The molecule has 2 aromatic rings. The van der Waals surface area contributed by atoms with Gasteiger partial charge >= 0.3 is 5.97 Å². The van der Waals surface area contributed by atoms with Crippen LogP contribution in [0.2, 0.25) is 0 Å². The zero-order valence-electron chi connectivity index (χ0n) is 20.9. The van der Waals surface area contributed by atoms with Gasteiger partial charge in [-0.25, -0.2) is 4.79 Å². The van der Waals surface area contributed by atoms with Gasteiger partial charge in [0.05, 0.1) is 20.4 Å². The molecule has 1 atom stereocenters. The van der Waals surface area contributed by atoms with E-state index in [1.54, 1.807) is 13.0 Å². The summed E-state index contributed by atoms with van der Waals surface area (Å²) in [6.45, 7) is 8.38. The van der Waals surface area contributed by atoms with Crippen molar-refractivity contribution in [2.45, 2.75) is 58.9 Å². The molecule has 178 valence electrons. The van der Waals surface area contributed by atoms with E-state index >= 15 is 0 Å². The maximum Gasteiger partial charge on any atom is 0.339 e. The third kappa shape index (κ3) is 6.73. The van der Waals surface area contributed by atoms with E-state index in [0.29, 0.717) is 11.5 Å². The van der Waals surface area contributed by atoms with Crippen molar-refractivity contribution >= 4 is 17.6 Å². The van der Waals surface area contributed by atoms with E-state index in [2.05, 4.69) is 42.3 Å². The van der Waals surface area contributed by atoms with Gasteiger partial charge in [0.1, 0.15) is 11.3 Å². The van der Waals surface area contributed by atoms with Gasteiger partial charge in [0.2, 0.25) is 5.91 Å². The molecule has 6 heteroatoms. The fourth-order valence-corrected chi connectivity index (χ4v) is 4.43. The number of hydrogen-bond donors (Lipinski definition) is 2. The Bertz CT molecular complexity index is 1000. The molecule has 6 nitrogen and oxygen atoms in total. The van der Waals surface area contributed by atoms with Crippen LogP contribution in [-0.2, 0) is 11.2 Å². The molecule has 0 spiro atoms. The summed E-state index contributed by atoms with van der Waals surface area (Å²) in [5, 5.41) is 12.6. The summed E-state index contributed by atoms with van der Waals surface area (Å²) in [6, 6.07) is 11.0. The quantitative estimate of drug-likeness (QED) is 0.515. The Morgan fingerprint density at radius 3 is 2.58 bits per heavy atom. The summed E-state index contributed by atoms with van der Waals surface area (Å²) in [5.74, 6) is -0.863. The molecule has 2 N–H and O–H groups in total. The van der Waals surface area contributed by atoms with Gasteiger partial charge in [-0.3, -0.25) is 4.79 Å². The molecule has 1 saturated heterocycles. The Kier molecular flexibility index (Phi) is 8.23. The molecule has 0 unspecified atom stereocenters. The maximum absolute atomic E-state index is 13.1. The highest BCUT2D eigenvalue weighted by Crippen LogP contribution is 2.32. The molecule has 33 heavy (non-hydrogen) atoms. The molecular weight excluding hydrogens is 416 g/mol. The number of anilines is 1. The molecular formula is C27H36N2O4. The van der Waals surface area contributed by atoms with Gasteiger partial charge in [0, 0.05) is 18.8 Å². The Balaban J connectivity index is 1.83. The van der Waals surface area contributed by atoms with Gasteiger partial charge in [0.25, 0.3) is 0 Å². The average molecular weight is 455 g/mol. The van der Waals surface area contributed by atoms with Gasteiger partial charge in [-0.1, -0.05) is 38.1 Å². The van der Waals surface area contributed by atoms with Crippen LogP contribution in [0.4, 0.5) is 5.69 Å². The third-order valence-electron chi connectivity index (χ3n) is 5.89. The second-order valence-electron chi connectivity index (χ2n) is 9.02. The number of para-hydroxylation sites is 1. The molecule has 1 aliphatic heterocycles. The van der Waals surface area contributed by atoms with Crippen molar-refractivity contribution in [3.05, 3.63) is 59.1 Å². The number of carbonyl (C=O) groups excluding carboxylic acids is 1. The first-order chi connectivity index (χ1) is 16.3. The van der Waals surface area contributed by atoms with Crippen molar-refractivity contribution in [2.24, 2.45) is 5.92 Å². The zero-order chi connectivity index (χ0) is 24.7. The first kappa shape index (κ1) is 23.1. The molecule has 0 aromatic heterocycles. The van der Waals surface area contributed by atoms with Gasteiger partial charge in [-0.2, -0.15) is 0 Å². The molecule has 3 rings (SSSR count). The molecule has 0 bridgehead atoms. The molecule has 1 aliphatic rings. The lowest BCUT2D eigenvalue weighted by molar-refractivity contribution is -0.121. The third-order valence-corrected chi connectivity index (χ3v) is 5.89. The van der Waals surface area contributed by atoms with Crippen LogP contribution in [-0.4, -0.2) is 36.7 Å². The van der Waals surface area contributed by atoms with E-state index in [1.165, 1.54) is 31.0 Å². The van der Waals surface area contributed by atoms with E-state index < -0.39 is 5.97 Å². The van der Waals surface area contributed by atoms with E-state index in [9.17, 15) is 14.7 Å². The number of aromatic carboxylic acids is 1. The fraction of sp³-hybridized carbons (Fsp3) is 0.481. The summed E-state index contributed by atoms with van der Waals surface area (Å²) in [6.07, 6.45) is 4.47. The van der Waals surface area contributed by atoms with Crippen LogP contribution < -0.4 is 15.0 Å². The van der Waals surface area contributed by atoms with Crippen LogP contribution in [0.3, 0.4) is 0 Å². The largest absolute Gasteiger partial charge is 0.493 e. The number of carbonyl (C=O) groups is 2. The van der Waals surface area contributed by atoms with Crippen LogP contribution in [0.5, 0.6) is 5.75 Å². The number of amides is 1. The molecule has 1 fully saturated rings. The van der Waals surface area contributed by atoms with Gasteiger partial charge < -0.3 is 20.1 Å². The number of nitrogens with zero attached hydrogens (tertiary/aromatic N) is 1. The van der Waals surface area contributed by atoms with E-state index in [4.69, 9.17) is 6.11 Å². The first-order valence-corrected chi connectivity index (χ1v) is 11.9. The first-order valence-electron chi connectivity index (χ1n) is 12.4. The van der Waals surface area contributed by atoms with E-state index in [1.807, 2.05) is 6.07 Å². The summed E-state index contributed by atoms with van der Waals surface area (Å²) in [4.78, 5) is 27.1. The lowest BCUT2D eigenvalue weighted by atomic mass is 9.94. The van der Waals surface area contributed by atoms with Gasteiger partial charge in [-0.15, -0.1) is 0 Å². The zero-order valence-corrected chi connectivity index (χ0v) is 19.9. The van der Waals surface area contributed by atoms with Crippen LogP contribution in [0.15, 0.2) is 42.4 Å². The van der Waals surface area contributed by atoms with Gasteiger partial charge in [-0.05, 0) is 67.8 Å². The minimum atomic E-state index is -1.21. The number of carboxylic acids is 1. The average Bonchev–Trinajstić information content (AvgIpc) is 2.78.